The number of carbonyl (C=O) groups is 2. The van der Waals surface area contributed by atoms with Gasteiger partial charge in [0.15, 0.2) is 5.76 Å². The lowest BCUT2D eigenvalue weighted by atomic mass is 9.93. The van der Waals surface area contributed by atoms with Crippen LogP contribution in [-0.2, 0) is 6.42 Å². The first-order valence-electron chi connectivity index (χ1n) is 10.3. The molecule has 1 heterocycles. The maximum absolute atomic E-state index is 12.9. The number of hydrogen-bond acceptors (Lipinski definition) is 6. The van der Waals surface area contributed by atoms with Crippen LogP contribution < -0.4 is 10.7 Å². The van der Waals surface area contributed by atoms with Crippen LogP contribution in [0.15, 0.2) is 52.0 Å². The second-order valence-corrected chi connectivity index (χ2v) is 8.36. The zero-order chi connectivity index (χ0) is 24.4. The van der Waals surface area contributed by atoms with Crippen LogP contribution in [0.4, 0.5) is 11.4 Å². The Labute approximate surface area is 203 Å². The average Bonchev–Trinajstić information content (AvgIpc) is 3.17. The van der Waals surface area contributed by atoms with Crippen molar-refractivity contribution in [3.8, 4) is 0 Å². The van der Waals surface area contributed by atoms with Crippen LogP contribution in [0, 0.1) is 17.0 Å². The van der Waals surface area contributed by atoms with Crippen molar-refractivity contribution in [2.75, 3.05) is 5.32 Å². The molecular weight excluding hydrogens is 483 g/mol. The fraction of sp³-hybridized carbons (Fsp3) is 0.174. The summed E-state index contributed by atoms with van der Waals surface area (Å²) in [4.78, 5) is 35.8. The quantitative estimate of drug-likeness (QED) is 0.351. The summed E-state index contributed by atoms with van der Waals surface area (Å²) < 4.78 is 5.85. The van der Waals surface area contributed by atoms with Crippen molar-refractivity contribution >= 4 is 52.1 Å². The lowest BCUT2D eigenvalue weighted by Gasteiger charge is -2.13. The smallest absolute Gasteiger partial charge is 0.291 e. The third-order valence-corrected chi connectivity index (χ3v) is 6.16. The van der Waals surface area contributed by atoms with Crippen molar-refractivity contribution in [2.45, 2.75) is 26.2 Å². The molecule has 1 aliphatic carbocycles. The van der Waals surface area contributed by atoms with E-state index in [1.165, 1.54) is 24.3 Å². The van der Waals surface area contributed by atoms with Gasteiger partial charge in [0.1, 0.15) is 5.76 Å². The minimum atomic E-state index is -0.585. The van der Waals surface area contributed by atoms with E-state index < -0.39 is 16.7 Å². The number of nitro groups is 1. The van der Waals surface area contributed by atoms with Crippen LogP contribution in [-0.4, -0.2) is 22.4 Å². The predicted octanol–water partition coefficient (Wildman–Crippen LogP) is 5.53. The highest BCUT2D eigenvalue weighted by Gasteiger charge is 2.28. The highest BCUT2D eigenvalue weighted by molar-refractivity contribution is 6.44. The van der Waals surface area contributed by atoms with Crippen LogP contribution in [0.3, 0.4) is 0 Å². The molecule has 0 bridgehead atoms. The molecule has 0 aliphatic heterocycles. The third kappa shape index (κ3) is 4.66. The monoisotopic (exact) mass is 500 g/mol. The van der Waals surface area contributed by atoms with Crippen molar-refractivity contribution < 1.29 is 18.9 Å². The maximum atomic E-state index is 12.9. The van der Waals surface area contributed by atoms with E-state index >= 15 is 0 Å². The highest BCUT2D eigenvalue weighted by Crippen LogP contribution is 2.33. The van der Waals surface area contributed by atoms with Gasteiger partial charge in [0.2, 0.25) is 0 Å². The van der Waals surface area contributed by atoms with Crippen molar-refractivity contribution in [1.29, 1.82) is 0 Å². The molecule has 2 N–H and O–H groups in total. The molecule has 3 aromatic rings. The third-order valence-electron chi connectivity index (χ3n) is 5.34. The number of hydrazone groups is 1. The van der Waals surface area contributed by atoms with Crippen LogP contribution in [0.5, 0.6) is 0 Å². The van der Waals surface area contributed by atoms with Gasteiger partial charge in [0, 0.05) is 35.2 Å². The number of benzene rings is 2. The Kier molecular flexibility index (Phi) is 6.67. The minimum Gasteiger partial charge on any atom is -0.455 e. The zero-order valence-corrected chi connectivity index (χ0v) is 19.4. The molecule has 1 aromatic heterocycles. The number of nitrogens with zero attached hydrogens (tertiary/aromatic N) is 2. The number of anilines is 1. The Hall–Kier alpha value is -3.69. The SMILES string of the molecule is Cc1c(C(=O)Nc2cccc(Cl)c2Cl)oc2c1/C(=N/NC(=O)c1cccc([N+](=O)[O-])c1)CCC2. The Balaban J connectivity index is 1.57. The summed E-state index contributed by atoms with van der Waals surface area (Å²) >= 11 is 12.2. The van der Waals surface area contributed by atoms with E-state index in [4.69, 9.17) is 27.6 Å². The molecule has 0 unspecified atom stereocenters. The first-order chi connectivity index (χ1) is 16.3. The Morgan fingerprint density at radius 3 is 2.65 bits per heavy atom. The van der Waals surface area contributed by atoms with E-state index in [1.807, 2.05) is 0 Å². The number of aryl methyl sites for hydroxylation is 1. The topological polar surface area (TPSA) is 127 Å². The molecule has 11 heteroatoms. The molecule has 1 aliphatic rings. The first kappa shape index (κ1) is 23.5. The summed E-state index contributed by atoms with van der Waals surface area (Å²) in [5.41, 5.74) is 4.51. The van der Waals surface area contributed by atoms with Gasteiger partial charge in [-0.05, 0) is 38.0 Å². The minimum absolute atomic E-state index is 0.108. The number of nitrogens with one attached hydrogen (secondary N) is 2. The van der Waals surface area contributed by atoms with Gasteiger partial charge in [-0.15, -0.1) is 0 Å². The van der Waals surface area contributed by atoms with Crippen LogP contribution in [0.2, 0.25) is 10.0 Å². The van der Waals surface area contributed by atoms with E-state index in [2.05, 4.69) is 15.8 Å². The van der Waals surface area contributed by atoms with E-state index in [9.17, 15) is 19.7 Å². The Morgan fingerprint density at radius 1 is 1.12 bits per heavy atom. The zero-order valence-electron chi connectivity index (χ0n) is 17.9. The molecule has 0 saturated heterocycles. The summed E-state index contributed by atoms with van der Waals surface area (Å²) in [5.74, 6) is -0.371. The second kappa shape index (κ2) is 9.66. The van der Waals surface area contributed by atoms with Crippen molar-refractivity contribution in [2.24, 2.45) is 5.10 Å². The molecule has 0 atom stereocenters. The fourth-order valence-electron chi connectivity index (χ4n) is 3.72. The summed E-state index contributed by atoms with van der Waals surface area (Å²) in [7, 11) is 0. The van der Waals surface area contributed by atoms with Crippen LogP contribution in [0.1, 0.15) is 50.6 Å². The molecule has 2 amide bonds. The Morgan fingerprint density at radius 2 is 1.88 bits per heavy atom. The maximum Gasteiger partial charge on any atom is 0.291 e. The first-order valence-corrected chi connectivity index (χ1v) is 11.0. The lowest BCUT2D eigenvalue weighted by Crippen LogP contribution is -2.22. The molecule has 4 rings (SSSR count). The molecule has 2 aromatic carbocycles. The fourth-order valence-corrected chi connectivity index (χ4v) is 4.07. The number of nitro benzene ring substituents is 1. The normalized spacial score (nSPS) is 13.9. The summed E-state index contributed by atoms with van der Waals surface area (Å²) in [6.45, 7) is 1.74. The number of fused-ring (bicyclic) bond motifs is 1. The second-order valence-electron chi connectivity index (χ2n) is 7.57. The number of hydrogen-bond donors (Lipinski definition) is 2. The number of non-ortho nitro benzene ring substituents is 1. The van der Waals surface area contributed by atoms with Gasteiger partial charge < -0.3 is 9.73 Å². The predicted molar refractivity (Wildman–Crippen MR) is 128 cm³/mol. The molecule has 0 spiro atoms. The summed E-state index contributed by atoms with van der Waals surface area (Å²) in [5, 5.41) is 18.4. The van der Waals surface area contributed by atoms with Gasteiger partial charge in [-0.1, -0.05) is 35.3 Å². The summed E-state index contributed by atoms with van der Waals surface area (Å²) in [6, 6.07) is 10.3. The number of halogens is 2. The van der Waals surface area contributed by atoms with Gasteiger partial charge in [0.05, 0.1) is 26.4 Å². The van der Waals surface area contributed by atoms with Gasteiger partial charge in [0.25, 0.3) is 17.5 Å². The highest BCUT2D eigenvalue weighted by atomic mass is 35.5. The van der Waals surface area contributed by atoms with Crippen LogP contribution >= 0.6 is 23.2 Å². The molecule has 0 saturated carbocycles. The van der Waals surface area contributed by atoms with Crippen molar-refractivity contribution in [3.63, 3.8) is 0 Å². The standard InChI is InChI=1S/C23H18Cl2N4O5/c1-12-19-16(27-28-22(30)13-5-2-6-14(11-13)29(32)33)8-4-10-18(19)34-21(12)23(31)26-17-9-3-7-15(24)20(17)25/h2-3,5-7,9,11H,4,8,10H2,1H3,(H,26,31)(H,28,30)/b27-16+. The summed E-state index contributed by atoms with van der Waals surface area (Å²) in [6.07, 6.45) is 1.88. The van der Waals surface area contributed by atoms with E-state index in [0.717, 1.165) is 0 Å². The Bertz CT molecular complexity index is 1350. The van der Waals surface area contributed by atoms with Crippen molar-refractivity contribution in [1.82, 2.24) is 5.43 Å². The molecule has 0 fully saturated rings. The van der Waals surface area contributed by atoms with Crippen LogP contribution in [0.25, 0.3) is 0 Å². The number of rotatable bonds is 5. The van der Waals surface area contributed by atoms with E-state index in [1.54, 1.807) is 25.1 Å². The number of furan rings is 1. The van der Waals surface area contributed by atoms with Gasteiger partial charge >= 0.3 is 0 Å². The van der Waals surface area contributed by atoms with E-state index in [-0.39, 0.29) is 22.0 Å². The lowest BCUT2D eigenvalue weighted by molar-refractivity contribution is -0.384. The van der Waals surface area contributed by atoms with Crippen molar-refractivity contribution in [3.05, 3.63) is 90.8 Å². The average molecular weight is 501 g/mol. The molecule has 9 nitrogen and oxygen atoms in total. The van der Waals surface area contributed by atoms with E-state index in [0.29, 0.717) is 52.6 Å². The number of amides is 2. The van der Waals surface area contributed by atoms with Gasteiger partial charge in [-0.3, -0.25) is 19.7 Å². The van der Waals surface area contributed by atoms with Gasteiger partial charge in [-0.25, -0.2) is 5.43 Å². The number of carbonyl (C=O) groups excluding carboxylic acids is 2. The molecule has 0 radical (unpaired) electrons. The molecule has 174 valence electrons. The molecular formula is C23H18Cl2N4O5. The van der Waals surface area contributed by atoms with Gasteiger partial charge in [-0.2, -0.15) is 5.10 Å². The molecule has 34 heavy (non-hydrogen) atoms. The largest absolute Gasteiger partial charge is 0.455 e.